The lowest BCUT2D eigenvalue weighted by Crippen LogP contribution is -2.04. The van der Waals surface area contributed by atoms with Crippen molar-refractivity contribution in [2.75, 3.05) is 13.2 Å². The van der Waals surface area contributed by atoms with E-state index in [0.717, 1.165) is 0 Å². The third-order valence-electron chi connectivity index (χ3n) is 2.23. The molecule has 0 aliphatic heterocycles. The average Bonchev–Trinajstić information content (AvgIpc) is 2.36. The minimum absolute atomic E-state index is 0.190. The van der Waals surface area contributed by atoms with Crippen LogP contribution in [0.25, 0.3) is 10.4 Å². The molecule has 1 rings (SSSR count). The van der Waals surface area contributed by atoms with E-state index in [0.29, 0.717) is 10.6 Å². The van der Waals surface area contributed by atoms with E-state index >= 15 is 0 Å². The molecule has 1 aromatic carbocycles. The van der Waals surface area contributed by atoms with E-state index in [1.54, 1.807) is 38.1 Å². The van der Waals surface area contributed by atoms with E-state index < -0.39 is 13.4 Å². The van der Waals surface area contributed by atoms with Crippen molar-refractivity contribution in [2.24, 2.45) is 5.11 Å². The van der Waals surface area contributed by atoms with Gasteiger partial charge in [0.2, 0.25) is 0 Å². The predicted octanol–water partition coefficient (Wildman–Crippen LogP) is 4.92. The Labute approximate surface area is 116 Å². The first kappa shape index (κ1) is 16.0. The summed E-state index contributed by atoms with van der Waals surface area (Å²) in [6.07, 6.45) is 0. The molecule has 0 saturated heterocycles. The van der Waals surface area contributed by atoms with Gasteiger partial charge in [-0.15, -0.1) is 0 Å². The van der Waals surface area contributed by atoms with Crippen LogP contribution in [-0.4, -0.2) is 13.2 Å². The first-order valence-corrected chi connectivity index (χ1v) is 7.74. The van der Waals surface area contributed by atoms with Crippen molar-refractivity contribution < 1.29 is 13.6 Å². The molecule has 0 radical (unpaired) electrons. The summed E-state index contributed by atoms with van der Waals surface area (Å²) in [4.78, 5) is 2.72. The van der Waals surface area contributed by atoms with Crippen LogP contribution in [0, 0.1) is 0 Å². The van der Waals surface area contributed by atoms with Gasteiger partial charge in [0.25, 0.3) is 0 Å². The Hall–Kier alpha value is -1.03. The monoisotopic (exact) mass is 303 g/mol. The fourth-order valence-corrected chi connectivity index (χ4v) is 3.54. The summed E-state index contributed by atoms with van der Waals surface area (Å²) in [6.45, 7) is 3.76. The zero-order valence-corrected chi connectivity index (χ0v) is 12.3. The van der Waals surface area contributed by atoms with Gasteiger partial charge < -0.3 is 9.05 Å². The van der Waals surface area contributed by atoms with Gasteiger partial charge in [-0.1, -0.05) is 28.8 Å². The van der Waals surface area contributed by atoms with Crippen LogP contribution >= 0.6 is 19.2 Å². The molecule has 1 aromatic rings. The zero-order valence-electron chi connectivity index (χ0n) is 10.7. The SMILES string of the molecule is CCOP(=O)(OCC)C(N=[N+]=[N-])c1cccc(Cl)c1. The first-order valence-electron chi connectivity index (χ1n) is 5.75. The molecule has 0 aromatic heterocycles. The maximum absolute atomic E-state index is 12.7. The molecule has 6 nitrogen and oxygen atoms in total. The van der Waals surface area contributed by atoms with Crippen molar-refractivity contribution in [2.45, 2.75) is 19.6 Å². The molecular formula is C11H15ClN3O3P. The Morgan fingerprint density at radius 2 is 2.05 bits per heavy atom. The summed E-state index contributed by atoms with van der Waals surface area (Å²) in [5.74, 6) is -1.05. The second-order valence-corrected chi connectivity index (χ2v) is 6.03. The topological polar surface area (TPSA) is 84.3 Å². The van der Waals surface area contributed by atoms with Crippen LogP contribution in [0.4, 0.5) is 0 Å². The van der Waals surface area contributed by atoms with Gasteiger partial charge in [0.1, 0.15) is 0 Å². The molecule has 0 bridgehead atoms. The maximum atomic E-state index is 12.7. The molecule has 0 fully saturated rings. The number of hydrogen-bond acceptors (Lipinski definition) is 4. The van der Waals surface area contributed by atoms with Gasteiger partial charge in [0, 0.05) is 9.93 Å². The lowest BCUT2D eigenvalue weighted by molar-refractivity contribution is 0.212. The normalized spacial score (nSPS) is 12.8. The van der Waals surface area contributed by atoms with Crippen LogP contribution in [0.3, 0.4) is 0 Å². The summed E-state index contributed by atoms with van der Waals surface area (Å²) < 4.78 is 23.1. The highest BCUT2D eigenvalue weighted by Crippen LogP contribution is 2.61. The van der Waals surface area contributed by atoms with E-state index in [2.05, 4.69) is 10.0 Å². The second-order valence-electron chi connectivity index (χ2n) is 3.51. The third kappa shape index (κ3) is 4.23. The number of azide groups is 1. The van der Waals surface area contributed by atoms with Crippen LogP contribution < -0.4 is 0 Å². The Kier molecular flexibility index (Phi) is 6.35. The number of halogens is 1. The molecule has 0 aliphatic rings. The minimum atomic E-state index is -3.57. The van der Waals surface area contributed by atoms with E-state index in [1.807, 2.05) is 0 Å². The molecular weight excluding hydrogens is 289 g/mol. The molecule has 8 heteroatoms. The summed E-state index contributed by atoms with van der Waals surface area (Å²) in [5, 5.41) is 4.01. The lowest BCUT2D eigenvalue weighted by Gasteiger charge is -2.23. The summed E-state index contributed by atoms with van der Waals surface area (Å²) >= 11 is 5.89. The Morgan fingerprint density at radius 1 is 1.42 bits per heavy atom. The van der Waals surface area contributed by atoms with Gasteiger partial charge in [-0.25, -0.2) is 0 Å². The maximum Gasteiger partial charge on any atom is 0.344 e. The van der Waals surface area contributed by atoms with Gasteiger partial charge in [-0.3, -0.25) is 4.57 Å². The summed E-state index contributed by atoms with van der Waals surface area (Å²) in [7, 11) is -3.57. The highest BCUT2D eigenvalue weighted by molar-refractivity contribution is 7.54. The van der Waals surface area contributed by atoms with E-state index in [1.165, 1.54) is 0 Å². The number of hydrogen-bond donors (Lipinski definition) is 0. The van der Waals surface area contributed by atoms with E-state index in [-0.39, 0.29) is 13.2 Å². The fourth-order valence-electron chi connectivity index (χ4n) is 1.57. The van der Waals surface area contributed by atoms with E-state index in [9.17, 15) is 4.57 Å². The van der Waals surface area contributed by atoms with Gasteiger partial charge in [-0.05, 0) is 37.1 Å². The summed E-state index contributed by atoms with van der Waals surface area (Å²) in [5.41, 5.74) is 9.16. The van der Waals surface area contributed by atoms with Crippen LogP contribution in [0.1, 0.15) is 25.2 Å². The molecule has 0 spiro atoms. The van der Waals surface area contributed by atoms with Crippen LogP contribution in [-0.2, 0) is 13.6 Å². The molecule has 0 N–H and O–H groups in total. The number of rotatable bonds is 7. The molecule has 1 atom stereocenters. The average molecular weight is 304 g/mol. The van der Waals surface area contributed by atoms with Gasteiger partial charge in [-0.2, -0.15) is 0 Å². The van der Waals surface area contributed by atoms with Crippen molar-refractivity contribution in [3.8, 4) is 0 Å². The largest absolute Gasteiger partial charge is 0.344 e. The number of benzene rings is 1. The van der Waals surface area contributed by atoms with Crippen molar-refractivity contribution in [3.05, 3.63) is 45.3 Å². The molecule has 0 amide bonds. The van der Waals surface area contributed by atoms with Crippen molar-refractivity contribution in [1.82, 2.24) is 0 Å². The molecule has 0 aliphatic carbocycles. The first-order chi connectivity index (χ1) is 9.07. The van der Waals surface area contributed by atoms with Crippen molar-refractivity contribution in [3.63, 3.8) is 0 Å². The van der Waals surface area contributed by atoms with Gasteiger partial charge in [0.15, 0.2) is 5.78 Å². The third-order valence-corrected chi connectivity index (χ3v) is 4.70. The molecule has 1 unspecified atom stereocenters. The Morgan fingerprint density at radius 3 is 2.53 bits per heavy atom. The standard InChI is InChI=1S/C11H15ClN3O3P/c1-3-17-19(16,18-4-2)11(14-15-13)9-6-5-7-10(12)8-9/h5-8,11H,3-4H2,1-2H3. The predicted molar refractivity (Wildman–Crippen MR) is 74.2 cm³/mol. The highest BCUT2D eigenvalue weighted by Gasteiger charge is 2.36. The molecule has 0 saturated carbocycles. The lowest BCUT2D eigenvalue weighted by atomic mass is 10.2. The van der Waals surface area contributed by atoms with Crippen LogP contribution in [0.5, 0.6) is 0 Å². The van der Waals surface area contributed by atoms with Crippen molar-refractivity contribution in [1.29, 1.82) is 0 Å². The quantitative estimate of drug-likeness (QED) is 0.310. The number of nitrogens with zero attached hydrogens (tertiary/aromatic N) is 3. The highest BCUT2D eigenvalue weighted by atomic mass is 35.5. The molecule has 0 heterocycles. The Balaban J connectivity index is 3.25. The van der Waals surface area contributed by atoms with Crippen molar-refractivity contribution >= 4 is 19.2 Å². The zero-order chi connectivity index (χ0) is 14.3. The Bertz CT molecular complexity index is 510. The van der Waals surface area contributed by atoms with Gasteiger partial charge >= 0.3 is 7.60 Å². The minimum Gasteiger partial charge on any atom is -0.308 e. The van der Waals surface area contributed by atoms with Crippen LogP contribution in [0.2, 0.25) is 5.02 Å². The summed E-state index contributed by atoms with van der Waals surface area (Å²) in [6, 6.07) is 6.59. The smallest absolute Gasteiger partial charge is 0.308 e. The van der Waals surface area contributed by atoms with Gasteiger partial charge in [0.05, 0.1) is 13.2 Å². The molecule has 19 heavy (non-hydrogen) atoms. The second kappa shape index (κ2) is 7.53. The fraction of sp³-hybridized carbons (Fsp3) is 0.455. The molecule has 104 valence electrons. The van der Waals surface area contributed by atoms with E-state index in [4.69, 9.17) is 26.2 Å². The van der Waals surface area contributed by atoms with Crippen LogP contribution in [0.15, 0.2) is 29.4 Å².